The van der Waals surface area contributed by atoms with Gasteiger partial charge in [-0.25, -0.2) is 0 Å². The Morgan fingerprint density at radius 2 is 1.91 bits per heavy atom. The lowest BCUT2D eigenvalue weighted by Gasteiger charge is -2.06. The Kier molecular flexibility index (Phi) is 4.04. The number of rotatable bonds is 3. The largest absolute Gasteiger partial charge is 0.481 e. The van der Waals surface area contributed by atoms with Gasteiger partial charge in [0.05, 0.1) is 22.2 Å². The summed E-state index contributed by atoms with van der Waals surface area (Å²) in [5.74, 6) is -0.930. The molecule has 3 rings (SSSR count). The molecule has 0 saturated carbocycles. The molecular weight excluding hydrogens is 345 g/mol. The Morgan fingerprint density at radius 3 is 2.64 bits per heavy atom. The second-order valence-electron chi connectivity index (χ2n) is 4.84. The van der Waals surface area contributed by atoms with Crippen molar-refractivity contribution >= 4 is 51.7 Å². The standard InChI is InChI=1S/C16H10Cl3NO2/c17-8-4-5-13-10(6-8)11(7-14(21)22)16(20-13)9-2-1-3-12(18)15(9)19/h1-6,20H,7H2,(H,21,22). The fraction of sp³-hybridized carbons (Fsp3) is 0.0625. The minimum Gasteiger partial charge on any atom is -0.481 e. The van der Waals surface area contributed by atoms with E-state index in [1.807, 2.05) is 6.07 Å². The van der Waals surface area contributed by atoms with E-state index in [1.165, 1.54) is 0 Å². The molecule has 3 nitrogen and oxygen atoms in total. The SMILES string of the molecule is O=C(O)Cc1c(-c2cccc(Cl)c2Cl)[nH]c2ccc(Cl)cc12. The molecule has 22 heavy (non-hydrogen) atoms. The maximum atomic E-state index is 11.2. The van der Waals surface area contributed by atoms with E-state index in [0.29, 0.717) is 31.9 Å². The van der Waals surface area contributed by atoms with Crippen LogP contribution in [0, 0.1) is 0 Å². The van der Waals surface area contributed by atoms with Crippen molar-refractivity contribution in [3.63, 3.8) is 0 Å². The van der Waals surface area contributed by atoms with Gasteiger partial charge in [-0.2, -0.15) is 0 Å². The molecule has 0 aliphatic carbocycles. The van der Waals surface area contributed by atoms with Crippen LogP contribution in [0.3, 0.4) is 0 Å². The van der Waals surface area contributed by atoms with Crippen LogP contribution >= 0.6 is 34.8 Å². The zero-order chi connectivity index (χ0) is 15.9. The number of hydrogen-bond acceptors (Lipinski definition) is 1. The van der Waals surface area contributed by atoms with Gasteiger partial charge >= 0.3 is 5.97 Å². The number of nitrogens with one attached hydrogen (secondary N) is 1. The molecule has 1 heterocycles. The van der Waals surface area contributed by atoms with Gasteiger partial charge in [0, 0.05) is 21.5 Å². The predicted molar refractivity (Wildman–Crippen MR) is 90.1 cm³/mol. The molecule has 0 aliphatic rings. The highest BCUT2D eigenvalue weighted by atomic mass is 35.5. The Hall–Kier alpha value is -1.68. The van der Waals surface area contributed by atoms with Crippen LogP contribution in [0.1, 0.15) is 5.56 Å². The van der Waals surface area contributed by atoms with E-state index >= 15 is 0 Å². The first kappa shape index (κ1) is 15.2. The Morgan fingerprint density at radius 1 is 1.14 bits per heavy atom. The highest BCUT2D eigenvalue weighted by Crippen LogP contribution is 2.38. The van der Waals surface area contributed by atoms with Crippen LogP contribution in [-0.2, 0) is 11.2 Å². The number of benzene rings is 2. The molecule has 0 bridgehead atoms. The second-order valence-corrected chi connectivity index (χ2v) is 6.06. The molecule has 3 aromatic rings. The molecule has 0 fully saturated rings. The van der Waals surface area contributed by atoms with Gasteiger partial charge in [0.25, 0.3) is 0 Å². The van der Waals surface area contributed by atoms with E-state index in [0.717, 1.165) is 10.9 Å². The van der Waals surface area contributed by atoms with E-state index < -0.39 is 5.97 Å². The molecule has 112 valence electrons. The zero-order valence-corrected chi connectivity index (χ0v) is 13.4. The third kappa shape index (κ3) is 2.68. The van der Waals surface area contributed by atoms with Crippen molar-refractivity contribution in [3.8, 4) is 11.3 Å². The minimum absolute atomic E-state index is 0.140. The zero-order valence-electron chi connectivity index (χ0n) is 11.2. The lowest BCUT2D eigenvalue weighted by atomic mass is 10.0. The van der Waals surface area contributed by atoms with Crippen molar-refractivity contribution in [2.45, 2.75) is 6.42 Å². The highest BCUT2D eigenvalue weighted by molar-refractivity contribution is 6.43. The van der Waals surface area contributed by atoms with Crippen LogP contribution in [0.4, 0.5) is 0 Å². The van der Waals surface area contributed by atoms with Crippen molar-refractivity contribution in [1.29, 1.82) is 0 Å². The van der Waals surface area contributed by atoms with Gasteiger partial charge in [0.1, 0.15) is 0 Å². The van der Waals surface area contributed by atoms with Gasteiger partial charge < -0.3 is 10.1 Å². The van der Waals surface area contributed by atoms with Gasteiger partial charge in [-0.3, -0.25) is 4.79 Å². The maximum absolute atomic E-state index is 11.2. The molecular formula is C16H10Cl3NO2. The van der Waals surface area contributed by atoms with Crippen molar-refractivity contribution < 1.29 is 9.90 Å². The number of halogens is 3. The normalized spacial score (nSPS) is 11.0. The number of aromatic nitrogens is 1. The lowest BCUT2D eigenvalue weighted by molar-refractivity contribution is -0.136. The first-order valence-corrected chi connectivity index (χ1v) is 7.57. The molecule has 0 radical (unpaired) electrons. The van der Waals surface area contributed by atoms with Crippen LogP contribution in [-0.4, -0.2) is 16.1 Å². The molecule has 2 N–H and O–H groups in total. The fourth-order valence-electron chi connectivity index (χ4n) is 2.48. The molecule has 0 atom stereocenters. The molecule has 0 unspecified atom stereocenters. The number of carboxylic acid groups (broad SMARTS) is 1. The number of carbonyl (C=O) groups is 1. The van der Waals surface area contributed by atoms with Crippen LogP contribution in [0.2, 0.25) is 15.1 Å². The number of H-pyrrole nitrogens is 1. The van der Waals surface area contributed by atoms with Gasteiger partial charge in [-0.15, -0.1) is 0 Å². The fourth-order valence-corrected chi connectivity index (χ4v) is 3.05. The van der Waals surface area contributed by atoms with Gasteiger partial charge in [-0.1, -0.05) is 46.9 Å². The number of aliphatic carboxylic acids is 1. The molecule has 6 heteroatoms. The summed E-state index contributed by atoms with van der Waals surface area (Å²) in [5.41, 5.74) is 2.74. The van der Waals surface area contributed by atoms with E-state index in [9.17, 15) is 9.90 Å². The third-order valence-corrected chi connectivity index (χ3v) is 4.47. The smallest absolute Gasteiger partial charge is 0.307 e. The van der Waals surface area contributed by atoms with Crippen LogP contribution < -0.4 is 0 Å². The molecule has 1 aromatic heterocycles. The lowest BCUT2D eigenvalue weighted by Crippen LogP contribution is -2.01. The predicted octanol–water partition coefficient (Wildman–Crippen LogP) is 5.42. The summed E-state index contributed by atoms with van der Waals surface area (Å²) in [6, 6.07) is 10.6. The molecule has 0 saturated heterocycles. The maximum Gasteiger partial charge on any atom is 0.307 e. The van der Waals surface area contributed by atoms with E-state index in [4.69, 9.17) is 34.8 Å². The third-order valence-electron chi connectivity index (χ3n) is 3.42. The number of fused-ring (bicyclic) bond motifs is 1. The first-order chi connectivity index (χ1) is 10.5. The molecule has 0 amide bonds. The quantitative estimate of drug-likeness (QED) is 0.659. The average molecular weight is 355 g/mol. The number of carboxylic acids is 1. The summed E-state index contributed by atoms with van der Waals surface area (Å²) < 4.78 is 0. The Bertz CT molecular complexity index is 886. The van der Waals surface area contributed by atoms with Gasteiger partial charge in [-0.05, 0) is 29.8 Å². The number of aromatic amines is 1. The molecule has 2 aromatic carbocycles. The van der Waals surface area contributed by atoms with Crippen molar-refractivity contribution in [2.75, 3.05) is 0 Å². The van der Waals surface area contributed by atoms with Crippen LogP contribution in [0.15, 0.2) is 36.4 Å². The first-order valence-electron chi connectivity index (χ1n) is 6.43. The summed E-state index contributed by atoms with van der Waals surface area (Å²) in [6.07, 6.45) is -0.140. The van der Waals surface area contributed by atoms with E-state index in [-0.39, 0.29) is 6.42 Å². The molecule has 0 aliphatic heterocycles. The van der Waals surface area contributed by atoms with Gasteiger partial charge in [0.15, 0.2) is 0 Å². The van der Waals surface area contributed by atoms with Crippen molar-refractivity contribution in [2.24, 2.45) is 0 Å². The van der Waals surface area contributed by atoms with E-state index in [1.54, 1.807) is 30.3 Å². The second kappa shape index (κ2) is 5.84. The van der Waals surface area contributed by atoms with Crippen molar-refractivity contribution in [3.05, 3.63) is 57.0 Å². The summed E-state index contributed by atoms with van der Waals surface area (Å²) in [5, 5.41) is 11.3. The summed E-state index contributed by atoms with van der Waals surface area (Å²) in [4.78, 5) is 14.4. The summed E-state index contributed by atoms with van der Waals surface area (Å²) in [7, 11) is 0. The Labute approximate surface area is 141 Å². The highest BCUT2D eigenvalue weighted by Gasteiger charge is 2.18. The summed E-state index contributed by atoms with van der Waals surface area (Å²) in [6.45, 7) is 0. The monoisotopic (exact) mass is 353 g/mol. The van der Waals surface area contributed by atoms with E-state index in [2.05, 4.69) is 4.98 Å². The van der Waals surface area contributed by atoms with Gasteiger partial charge in [0.2, 0.25) is 0 Å². The number of hydrogen-bond donors (Lipinski definition) is 2. The topological polar surface area (TPSA) is 53.1 Å². The average Bonchev–Trinajstić information content (AvgIpc) is 2.79. The van der Waals surface area contributed by atoms with Crippen molar-refractivity contribution in [1.82, 2.24) is 4.98 Å². The van der Waals surface area contributed by atoms with Crippen LogP contribution in [0.5, 0.6) is 0 Å². The van der Waals surface area contributed by atoms with Crippen LogP contribution in [0.25, 0.3) is 22.2 Å². The molecule has 0 spiro atoms. The minimum atomic E-state index is -0.930. The Balaban J connectivity index is 2.32. The summed E-state index contributed by atoms with van der Waals surface area (Å²) >= 11 is 18.4.